The second kappa shape index (κ2) is 6.27. The SMILES string of the molecule is Cc1cc(N(NCCO)c2ccc(O)cc2)ccc1O. The Balaban J connectivity index is 2.35. The first-order valence-electron chi connectivity index (χ1n) is 6.35. The highest BCUT2D eigenvalue weighted by molar-refractivity contribution is 5.64. The molecule has 0 heterocycles. The molecule has 0 bridgehead atoms. The number of aryl methyl sites for hydroxylation is 1. The normalized spacial score (nSPS) is 10.5. The summed E-state index contributed by atoms with van der Waals surface area (Å²) in [4.78, 5) is 0. The highest BCUT2D eigenvalue weighted by Gasteiger charge is 2.10. The van der Waals surface area contributed by atoms with E-state index >= 15 is 0 Å². The van der Waals surface area contributed by atoms with E-state index in [2.05, 4.69) is 5.43 Å². The number of aliphatic hydroxyl groups is 1. The molecule has 0 amide bonds. The van der Waals surface area contributed by atoms with Crippen LogP contribution in [0.2, 0.25) is 0 Å². The molecular weight excluding hydrogens is 256 g/mol. The molecule has 0 aliphatic rings. The summed E-state index contributed by atoms with van der Waals surface area (Å²) >= 11 is 0. The van der Waals surface area contributed by atoms with Gasteiger partial charge in [-0.1, -0.05) is 0 Å². The van der Waals surface area contributed by atoms with Crippen LogP contribution in [-0.2, 0) is 0 Å². The highest BCUT2D eigenvalue weighted by Crippen LogP contribution is 2.28. The van der Waals surface area contributed by atoms with Gasteiger partial charge in [-0.05, 0) is 55.0 Å². The first-order valence-corrected chi connectivity index (χ1v) is 6.35. The number of rotatable bonds is 5. The fraction of sp³-hybridized carbons (Fsp3) is 0.200. The number of hydrogen-bond donors (Lipinski definition) is 4. The summed E-state index contributed by atoms with van der Waals surface area (Å²) in [5.41, 5.74) is 5.50. The van der Waals surface area contributed by atoms with Crippen molar-refractivity contribution in [3.8, 4) is 11.5 Å². The zero-order valence-electron chi connectivity index (χ0n) is 11.2. The van der Waals surface area contributed by atoms with E-state index in [0.717, 1.165) is 16.9 Å². The van der Waals surface area contributed by atoms with Gasteiger partial charge in [0.25, 0.3) is 0 Å². The minimum atomic E-state index is 0.00560. The number of anilines is 2. The topological polar surface area (TPSA) is 76.0 Å². The molecular formula is C15H18N2O3. The van der Waals surface area contributed by atoms with Gasteiger partial charge >= 0.3 is 0 Å². The number of benzene rings is 2. The zero-order chi connectivity index (χ0) is 14.5. The minimum absolute atomic E-state index is 0.00560. The monoisotopic (exact) mass is 274 g/mol. The van der Waals surface area contributed by atoms with Crippen molar-refractivity contribution in [3.05, 3.63) is 48.0 Å². The summed E-state index contributed by atoms with van der Waals surface area (Å²) in [6, 6.07) is 12.0. The highest BCUT2D eigenvalue weighted by atomic mass is 16.3. The number of aromatic hydroxyl groups is 2. The Hall–Kier alpha value is -2.24. The number of aliphatic hydroxyl groups excluding tert-OH is 1. The molecule has 2 aromatic rings. The molecule has 106 valence electrons. The van der Waals surface area contributed by atoms with Crippen molar-refractivity contribution in [2.24, 2.45) is 0 Å². The molecule has 2 aromatic carbocycles. The average molecular weight is 274 g/mol. The van der Waals surface area contributed by atoms with Crippen molar-refractivity contribution < 1.29 is 15.3 Å². The van der Waals surface area contributed by atoms with Gasteiger partial charge in [0.15, 0.2) is 0 Å². The van der Waals surface area contributed by atoms with Crippen molar-refractivity contribution in [2.45, 2.75) is 6.92 Å². The van der Waals surface area contributed by atoms with Crippen LogP contribution >= 0.6 is 0 Å². The Labute approximate surface area is 117 Å². The third-order valence-electron chi connectivity index (χ3n) is 2.93. The molecule has 20 heavy (non-hydrogen) atoms. The van der Waals surface area contributed by atoms with Crippen LogP contribution in [0.1, 0.15) is 5.56 Å². The summed E-state index contributed by atoms with van der Waals surface area (Å²) in [7, 11) is 0. The standard InChI is InChI=1S/C15H18N2O3/c1-11-10-13(4-7-15(11)20)17(16-8-9-18)12-2-5-14(19)6-3-12/h2-7,10,16,18-20H,8-9H2,1H3. The van der Waals surface area contributed by atoms with Crippen LogP contribution in [-0.4, -0.2) is 28.5 Å². The lowest BCUT2D eigenvalue weighted by Gasteiger charge is -2.26. The van der Waals surface area contributed by atoms with E-state index in [4.69, 9.17) is 5.11 Å². The van der Waals surface area contributed by atoms with Gasteiger partial charge in [-0.15, -0.1) is 0 Å². The van der Waals surface area contributed by atoms with E-state index in [-0.39, 0.29) is 18.1 Å². The molecule has 0 aliphatic heterocycles. The Morgan fingerprint density at radius 1 is 1.00 bits per heavy atom. The lowest BCUT2D eigenvalue weighted by molar-refractivity contribution is 0.293. The van der Waals surface area contributed by atoms with Gasteiger partial charge in [0, 0.05) is 6.54 Å². The van der Waals surface area contributed by atoms with Crippen LogP contribution in [0.5, 0.6) is 11.5 Å². The molecule has 5 heteroatoms. The first-order chi connectivity index (χ1) is 9.61. The number of nitrogens with one attached hydrogen (secondary N) is 1. The van der Waals surface area contributed by atoms with Crippen molar-refractivity contribution in [1.82, 2.24) is 5.43 Å². The molecule has 0 radical (unpaired) electrons. The Morgan fingerprint density at radius 2 is 1.65 bits per heavy atom. The van der Waals surface area contributed by atoms with E-state index in [1.165, 1.54) is 0 Å². The molecule has 4 N–H and O–H groups in total. The molecule has 0 fully saturated rings. The average Bonchev–Trinajstić information content (AvgIpc) is 2.45. The van der Waals surface area contributed by atoms with Gasteiger partial charge in [-0.25, -0.2) is 5.43 Å². The van der Waals surface area contributed by atoms with Gasteiger partial charge < -0.3 is 15.3 Å². The van der Waals surface area contributed by atoms with E-state index in [9.17, 15) is 10.2 Å². The molecule has 0 spiro atoms. The molecule has 0 atom stereocenters. The summed E-state index contributed by atoms with van der Waals surface area (Å²) in [6.45, 7) is 2.21. The van der Waals surface area contributed by atoms with E-state index < -0.39 is 0 Å². The summed E-state index contributed by atoms with van der Waals surface area (Å²) in [5, 5.41) is 29.7. The van der Waals surface area contributed by atoms with E-state index in [1.54, 1.807) is 41.4 Å². The molecule has 0 saturated carbocycles. The third-order valence-corrected chi connectivity index (χ3v) is 2.93. The molecule has 0 saturated heterocycles. The maximum atomic E-state index is 9.60. The quantitative estimate of drug-likeness (QED) is 0.628. The van der Waals surface area contributed by atoms with Crippen molar-refractivity contribution in [3.63, 3.8) is 0 Å². The Kier molecular flexibility index (Phi) is 4.45. The first kappa shape index (κ1) is 14.2. The fourth-order valence-corrected chi connectivity index (χ4v) is 1.87. The largest absolute Gasteiger partial charge is 0.508 e. The maximum Gasteiger partial charge on any atom is 0.118 e. The molecule has 0 aromatic heterocycles. The second-order valence-electron chi connectivity index (χ2n) is 4.45. The predicted molar refractivity (Wildman–Crippen MR) is 78.2 cm³/mol. The predicted octanol–water partition coefficient (Wildman–Crippen LogP) is 2.04. The van der Waals surface area contributed by atoms with Crippen molar-refractivity contribution in [1.29, 1.82) is 0 Å². The summed E-state index contributed by atoms with van der Waals surface area (Å²) < 4.78 is 0. The van der Waals surface area contributed by atoms with Gasteiger partial charge in [0.05, 0.1) is 18.0 Å². The van der Waals surface area contributed by atoms with E-state index in [1.807, 2.05) is 13.0 Å². The maximum absolute atomic E-state index is 9.60. The number of phenolic OH excluding ortho intramolecular Hbond substituents is 2. The van der Waals surface area contributed by atoms with Crippen molar-refractivity contribution in [2.75, 3.05) is 18.2 Å². The van der Waals surface area contributed by atoms with Crippen LogP contribution in [0, 0.1) is 6.92 Å². The van der Waals surface area contributed by atoms with Gasteiger partial charge in [0.2, 0.25) is 0 Å². The second-order valence-corrected chi connectivity index (χ2v) is 4.45. The van der Waals surface area contributed by atoms with Crippen LogP contribution in [0.25, 0.3) is 0 Å². The molecule has 0 unspecified atom stereocenters. The minimum Gasteiger partial charge on any atom is -0.508 e. The number of hydrazine groups is 1. The number of phenols is 2. The van der Waals surface area contributed by atoms with Crippen LogP contribution < -0.4 is 10.4 Å². The van der Waals surface area contributed by atoms with Crippen LogP contribution in [0.4, 0.5) is 11.4 Å². The lowest BCUT2D eigenvalue weighted by Crippen LogP contribution is -2.35. The number of hydrogen-bond acceptors (Lipinski definition) is 5. The number of nitrogens with zero attached hydrogens (tertiary/aromatic N) is 1. The fourth-order valence-electron chi connectivity index (χ4n) is 1.87. The summed E-state index contributed by atoms with van der Waals surface area (Å²) in [6.07, 6.45) is 0. The zero-order valence-corrected chi connectivity index (χ0v) is 11.2. The summed E-state index contributed by atoms with van der Waals surface area (Å²) in [5.74, 6) is 0.430. The Bertz CT molecular complexity index is 570. The Morgan fingerprint density at radius 3 is 2.25 bits per heavy atom. The van der Waals surface area contributed by atoms with Crippen LogP contribution in [0.15, 0.2) is 42.5 Å². The lowest BCUT2D eigenvalue weighted by atomic mass is 10.2. The van der Waals surface area contributed by atoms with Gasteiger partial charge in [-0.3, -0.25) is 5.01 Å². The third kappa shape index (κ3) is 3.20. The van der Waals surface area contributed by atoms with E-state index in [0.29, 0.717) is 6.54 Å². The van der Waals surface area contributed by atoms with Crippen molar-refractivity contribution >= 4 is 11.4 Å². The van der Waals surface area contributed by atoms with Gasteiger partial charge in [-0.2, -0.15) is 0 Å². The van der Waals surface area contributed by atoms with Crippen LogP contribution in [0.3, 0.4) is 0 Å². The smallest absolute Gasteiger partial charge is 0.118 e. The molecule has 5 nitrogen and oxygen atoms in total. The molecule has 2 rings (SSSR count). The molecule has 0 aliphatic carbocycles. The van der Waals surface area contributed by atoms with Gasteiger partial charge in [0.1, 0.15) is 11.5 Å².